The Morgan fingerprint density at radius 2 is 2.20 bits per heavy atom. The molecule has 0 amide bonds. The van der Waals surface area contributed by atoms with E-state index in [1.807, 2.05) is 6.07 Å². The Morgan fingerprint density at radius 3 is 2.85 bits per heavy atom. The van der Waals surface area contributed by atoms with Crippen LogP contribution in [0.25, 0.3) is 0 Å². The summed E-state index contributed by atoms with van der Waals surface area (Å²) >= 11 is 0. The molecular weight excluding hydrogens is 262 g/mol. The Hall–Kier alpha value is -2.17. The molecule has 0 fully saturated rings. The highest BCUT2D eigenvalue weighted by Crippen LogP contribution is 2.27. The molecule has 0 aliphatic carbocycles. The van der Waals surface area contributed by atoms with E-state index < -0.39 is 4.92 Å². The van der Waals surface area contributed by atoms with E-state index in [4.69, 9.17) is 14.7 Å². The maximum atomic E-state index is 11.0. The van der Waals surface area contributed by atoms with Crippen LogP contribution in [-0.2, 0) is 9.47 Å². The average molecular weight is 279 g/mol. The number of hydrogen-bond donors (Lipinski definition) is 1. The van der Waals surface area contributed by atoms with E-state index in [1.165, 1.54) is 6.07 Å². The first-order chi connectivity index (χ1) is 9.70. The molecule has 20 heavy (non-hydrogen) atoms. The van der Waals surface area contributed by atoms with Gasteiger partial charge >= 0.3 is 5.69 Å². The first-order valence-corrected chi connectivity index (χ1v) is 6.18. The van der Waals surface area contributed by atoms with Crippen molar-refractivity contribution in [1.29, 1.82) is 5.26 Å². The number of nitro groups is 1. The quantitative estimate of drug-likeness (QED) is 0.421. The molecule has 1 aromatic carbocycles. The van der Waals surface area contributed by atoms with E-state index in [9.17, 15) is 10.1 Å². The summed E-state index contributed by atoms with van der Waals surface area (Å²) < 4.78 is 10.1. The van der Waals surface area contributed by atoms with Crippen LogP contribution in [0.1, 0.15) is 12.0 Å². The van der Waals surface area contributed by atoms with Gasteiger partial charge in [0.15, 0.2) is 0 Å². The number of hydrogen-bond acceptors (Lipinski definition) is 6. The number of rotatable bonds is 9. The maximum Gasteiger partial charge on any atom is 0.309 e. The van der Waals surface area contributed by atoms with Crippen LogP contribution >= 0.6 is 0 Å². The Kier molecular flexibility index (Phi) is 7.03. The number of benzene rings is 1. The van der Waals surface area contributed by atoms with Crippen molar-refractivity contribution in [2.24, 2.45) is 0 Å². The van der Waals surface area contributed by atoms with Crippen molar-refractivity contribution in [3.8, 4) is 6.07 Å². The van der Waals surface area contributed by atoms with Crippen LogP contribution < -0.4 is 5.32 Å². The lowest BCUT2D eigenvalue weighted by atomic mass is 10.1. The highest BCUT2D eigenvalue weighted by atomic mass is 16.6. The Balaban J connectivity index is 2.48. The standard InChI is InChI=1S/C13H17N3O4/c1-19-8-9-20-7-3-6-15-12-5-2-4-11(10-14)13(12)16(17)18/h2,4-5,15H,3,6-9H2,1H3. The van der Waals surface area contributed by atoms with Gasteiger partial charge in [-0.25, -0.2) is 0 Å². The molecule has 0 saturated carbocycles. The van der Waals surface area contributed by atoms with Gasteiger partial charge in [-0.15, -0.1) is 0 Å². The molecule has 0 aliphatic rings. The highest BCUT2D eigenvalue weighted by Gasteiger charge is 2.18. The fraction of sp³-hybridized carbons (Fsp3) is 0.462. The second kappa shape index (κ2) is 8.85. The molecule has 7 heteroatoms. The second-order valence-electron chi connectivity index (χ2n) is 3.96. The van der Waals surface area contributed by atoms with Crippen LogP contribution in [0.4, 0.5) is 11.4 Å². The smallest absolute Gasteiger partial charge is 0.309 e. The Morgan fingerprint density at radius 1 is 1.40 bits per heavy atom. The lowest BCUT2D eigenvalue weighted by Gasteiger charge is -2.08. The number of nitrogens with zero attached hydrogens (tertiary/aromatic N) is 2. The first kappa shape index (κ1) is 15.9. The van der Waals surface area contributed by atoms with E-state index in [0.29, 0.717) is 38.5 Å². The third kappa shape index (κ3) is 4.84. The van der Waals surface area contributed by atoms with Gasteiger partial charge in [0.2, 0.25) is 0 Å². The molecule has 0 saturated heterocycles. The number of anilines is 1. The number of para-hydroxylation sites is 1. The van der Waals surface area contributed by atoms with Crippen LogP contribution in [0.15, 0.2) is 18.2 Å². The fourth-order valence-corrected chi connectivity index (χ4v) is 1.61. The lowest BCUT2D eigenvalue weighted by Crippen LogP contribution is -2.09. The Labute approximate surface area is 117 Å². The van der Waals surface area contributed by atoms with E-state index in [0.717, 1.165) is 0 Å². The van der Waals surface area contributed by atoms with Gasteiger partial charge in [0.25, 0.3) is 0 Å². The zero-order chi connectivity index (χ0) is 14.8. The summed E-state index contributed by atoms with van der Waals surface area (Å²) in [6, 6.07) is 6.45. The summed E-state index contributed by atoms with van der Waals surface area (Å²) in [4.78, 5) is 10.4. The normalized spacial score (nSPS) is 10.0. The summed E-state index contributed by atoms with van der Waals surface area (Å²) in [7, 11) is 1.60. The van der Waals surface area contributed by atoms with E-state index in [2.05, 4.69) is 5.32 Å². The molecule has 1 N–H and O–H groups in total. The van der Waals surface area contributed by atoms with Crippen LogP contribution in [0, 0.1) is 21.4 Å². The van der Waals surface area contributed by atoms with Crippen LogP contribution in [0.5, 0.6) is 0 Å². The highest BCUT2D eigenvalue weighted by molar-refractivity contribution is 5.68. The predicted molar refractivity (Wildman–Crippen MR) is 73.6 cm³/mol. The van der Waals surface area contributed by atoms with Crippen molar-refractivity contribution in [3.63, 3.8) is 0 Å². The monoisotopic (exact) mass is 279 g/mol. The third-order valence-electron chi connectivity index (χ3n) is 2.55. The minimum atomic E-state index is -0.546. The van der Waals surface area contributed by atoms with E-state index >= 15 is 0 Å². The Bertz CT molecular complexity index is 485. The number of nitro benzene ring substituents is 1. The van der Waals surface area contributed by atoms with Crippen molar-refractivity contribution in [1.82, 2.24) is 0 Å². The molecule has 0 unspecified atom stereocenters. The predicted octanol–water partition coefficient (Wildman–Crippen LogP) is 1.93. The van der Waals surface area contributed by atoms with Crippen molar-refractivity contribution < 1.29 is 14.4 Å². The number of nitrogens with one attached hydrogen (secondary N) is 1. The van der Waals surface area contributed by atoms with Gasteiger partial charge in [0, 0.05) is 20.3 Å². The van der Waals surface area contributed by atoms with Gasteiger partial charge in [-0.05, 0) is 18.6 Å². The third-order valence-corrected chi connectivity index (χ3v) is 2.55. The summed E-state index contributed by atoms with van der Waals surface area (Å²) in [6.07, 6.45) is 0.706. The molecule has 0 bridgehead atoms. The number of ether oxygens (including phenoxy) is 2. The zero-order valence-electron chi connectivity index (χ0n) is 11.3. The van der Waals surface area contributed by atoms with Gasteiger partial charge in [0.1, 0.15) is 17.3 Å². The summed E-state index contributed by atoms with van der Waals surface area (Å²) in [5.41, 5.74) is 0.220. The molecule has 0 heterocycles. The molecular formula is C13H17N3O4. The molecule has 108 valence electrons. The molecule has 0 aromatic heterocycles. The minimum absolute atomic E-state index is 0.0522. The number of methoxy groups -OCH3 is 1. The molecule has 0 radical (unpaired) electrons. The van der Waals surface area contributed by atoms with Gasteiger partial charge in [0.05, 0.1) is 18.1 Å². The molecule has 1 rings (SSSR count). The molecule has 0 aliphatic heterocycles. The van der Waals surface area contributed by atoms with Crippen molar-refractivity contribution in [2.75, 3.05) is 38.8 Å². The van der Waals surface area contributed by atoms with Crippen LogP contribution in [0.3, 0.4) is 0 Å². The fourth-order valence-electron chi connectivity index (χ4n) is 1.61. The van der Waals surface area contributed by atoms with Crippen molar-refractivity contribution in [3.05, 3.63) is 33.9 Å². The summed E-state index contributed by atoms with van der Waals surface area (Å²) in [5, 5.41) is 22.8. The van der Waals surface area contributed by atoms with Gasteiger partial charge in [-0.2, -0.15) is 5.26 Å². The molecule has 7 nitrogen and oxygen atoms in total. The zero-order valence-corrected chi connectivity index (χ0v) is 11.3. The summed E-state index contributed by atoms with van der Waals surface area (Å²) in [5.74, 6) is 0. The van der Waals surface area contributed by atoms with Crippen molar-refractivity contribution >= 4 is 11.4 Å². The maximum absolute atomic E-state index is 11.0. The molecule has 0 atom stereocenters. The molecule has 0 spiro atoms. The second-order valence-corrected chi connectivity index (χ2v) is 3.96. The van der Waals surface area contributed by atoms with Gasteiger partial charge in [-0.3, -0.25) is 10.1 Å². The van der Waals surface area contributed by atoms with Crippen LogP contribution in [-0.4, -0.2) is 38.4 Å². The summed E-state index contributed by atoms with van der Waals surface area (Å²) in [6.45, 7) is 2.15. The molecule has 1 aromatic rings. The average Bonchev–Trinajstić information content (AvgIpc) is 2.45. The van der Waals surface area contributed by atoms with E-state index in [-0.39, 0.29) is 11.3 Å². The lowest BCUT2D eigenvalue weighted by molar-refractivity contribution is -0.384. The minimum Gasteiger partial charge on any atom is -0.382 e. The van der Waals surface area contributed by atoms with Crippen molar-refractivity contribution in [2.45, 2.75) is 6.42 Å². The largest absolute Gasteiger partial charge is 0.382 e. The SMILES string of the molecule is COCCOCCCNc1cccc(C#N)c1[N+](=O)[O-]. The van der Waals surface area contributed by atoms with Gasteiger partial charge in [-0.1, -0.05) is 6.07 Å². The van der Waals surface area contributed by atoms with E-state index in [1.54, 1.807) is 19.2 Å². The topological polar surface area (TPSA) is 97.4 Å². The first-order valence-electron chi connectivity index (χ1n) is 6.18. The van der Waals surface area contributed by atoms with Gasteiger partial charge < -0.3 is 14.8 Å². The number of nitriles is 1. The van der Waals surface area contributed by atoms with Crippen LogP contribution in [0.2, 0.25) is 0 Å².